The molecule has 0 aliphatic heterocycles. The van der Waals surface area contributed by atoms with E-state index in [4.69, 9.17) is 4.74 Å². The molecule has 0 spiro atoms. The lowest BCUT2D eigenvalue weighted by Gasteiger charge is -2.17. The predicted molar refractivity (Wildman–Crippen MR) is 73.6 cm³/mol. The molecule has 0 atom stereocenters. The second kappa shape index (κ2) is 5.69. The summed E-state index contributed by atoms with van der Waals surface area (Å²) in [7, 11) is 0. The zero-order chi connectivity index (χ0) is 13.8. The fourth-order valence-electron chi connectivity index (χ4n) is 2.10. The van der Waals surface area contributed by atoms with E-state index in [0.29, 0.717) is 6.61 Å². The molecule has 0 aromatic heterocycles. The Balaban J connectivity index is 1.99. The number of allylic oxidation sites excluding steroid dienone is 4. The van der Waals surface area contributed by atoms with Crippen LogP contribution in [0.2, 0.25) is 0 Å². The maximum Gasteiger partial charge on any atom is 0.269 e. The second-order valence-corrected chi connectivity index (χ2v) is 4.81. The monoisotopic (exact) mass is 259 g/mol. The molecule has 0 amide bonds. The lowest BCUT2D eigenvalue weighted by Crippen LogP contribution is -2.01. The highest BCUT2D eigenvalue weighted by Crippen LogP contribution is 2.25. The van der Waals surface area contributed by atoms with Gasteiger partial charge in [0.25, 0.3) is 5.69 Å². The Labute approximate surface area is 112 Å². The summed E-state index contributed by atoms with van der Waals surface area (Å²) in [5.74, 6) is 1.02. The van der Waals surface area contributed by atoms with Crippen LogP contribution in [-0.4, -0.2) is 4.92 Å². The first kappa shape index (κ1) is 13.3. The van der Waals surface area contributed by atoms with E-state index in [0.717, 1.165) is 24.2 Å². The van der Waals surface area contributed by atoms with Gasteiger partial charge in [-0.2, -0.15) is 0 Å². The van der Waals surface area contributed by atoms with E-state index in [9.17, 15) is 10.1 Å². The van der Waals surface area contributed by atoms with Crippen LogP contribution in [0.5, 0.6) is 0 Å². The van der Waals surface area contributed by atoms with Crippen LogP contribution in [0.3, 0.4) is 0 Å². The van der Waals surface area contributed by atoms with E-state index in [-0.39, 0.29) is 5.69 Å². The maximum atomic E-state index is 10.6. The van der Waals surface area contributed by atoms with E-state index < -0.39 is 4.92 Å². The highest BCUT2D eigenvalue weighted by atomic mass is 16.6. The van der Waals surface area contributed by atoms with Crippen molar-refractivity contribution in [3.63, 3.8) is 0 Å². The van der Waals surface area contributed by atoms with Crippen molar-refractivity contribution in [2.45, 2.75) is 33.3 Å². The predicted octanol–water partition coefficient (Wildman–Crippen LogP) is 4.13. The number of rotatable bonds is 4. The van der Waals surface area contributed by atoms with Gasteiger partial charge in [-0.3, -0.25) is 10.1 Å². The number of nitrogens with zero attached hydrogens (tertiary/aromatic N) is 1. The molecule has 19 heavy (non-hydrogen) atoms. The lowest BCUT2D eigenvalue weighted by atomic mass is 10.00. The minimum absolute atomic E-state index is 0.107. The highest BCUT2D eigenvalue weighted by Gasteiger charge is 2.10. The molecule has 0 saturated carbocycles. The van der Waals surface area contributed by atoms with Crippen molar-refractivity contribution in [1.82, 2.24) is 0 Å². The third-order valence-corrected chi connectivity index (χ3v) is 3.21. The Morgan fingerprint density at radius 3 is 2.47 bits per heavy atom. The maximum absolute atomic E-state index is 10.6. The SMILES string of the molecule is CC1=CC(C)=C(OCc2ccc([N+](=O)[O-])cc2)CC1. The molecule has 1 aromatic rings. The van der Waals surface area contributed by atoms with Gasteiger partial charge in [0.15, 0.2) is 0 Å². The van der Waals surface area contributed by atoms with E-state index >= 15 is 0 Å². The van der Waals surface area contributed by atoms with Crippen LogP contribution >= 0.6 is 0 Å². The molecule has 0 heterocycles. The fourth-order valence-corrected chi connectivity index (χ4v) is 2.10. The fraction of sp³-hybridized carbons (Fsp3) is 0.333. The Hall–Kier alpha value is -2.10. The molecule has 1 aliphatic carbocycles. The van der Waals surface area contributed by atoms with Gasteiger partial charge in [0.1, 0.15) is 6.61 Å². The first-order chi connectivity index (χ1) is 9.06. The van der Waals surface area contributed by atoms with Crippen molar-refractivity contribution in [3.8, 4) is 0 Å². The molecule has 4 heteroatoms. The molecule has 1 aromatic carbocycles. The van der Waals surface area contributed by atoms with E-state index in [2.05, 4.69) is 13.0 Å². The third-order valence-electron chi connectivity index (χ3n) is 3.21. The smallest absolute Gasteiger partial charge is 0.269 e. The molecule has 0 bridgehead atoms. The van der Waals surface area contributed by atoms with Gasteiger partial charge in [-0.15, -0.1) is 0 Å². The zero-order valence-electron chi connectivity index (χ0n) is 11.2. The molecule has 0 saturated heterocycles. The first-order valence-electron chi connectivity index (χ1n) is 6.29. The van der Waals surface area contributed by atoms with E-state index in [1.165, 1.54) is 23.3 Å². The Kier molecular flexibility index (Phi) is 4.00. The molecule has 2 rings (SSSR count). The highest BCUT2D eigenvalue weighted by molar-refractivity contribution is 5.33. The standard InChI is InChI=1S/C15H17NO3/c1-11-3-8-15(12(2)9-11)19-10-13-4-6-14(7-5-13)16(17)18/h4-7,9H,3,8,10H2,1-2H3. The number of nitro groups is 1. The van der Waals surface area contributed by atoms with Crippen LogP contribution in [0.1, 0.15) is 32.3 Å². The minimum atomic E-state index is -0.397. The van der Waals surface area contributed by atoms with Crippen molar-refractivity contribution in [2.75, 3.05) is 0 Å². The van der Waals surface area contributed by atoms with Gasteiger partial charge in [0.2, 0.25) is 0 Å². The van der Waals surface area contributed by atoms with Crippen LogP contribution in [0.15, 0.2) is 47.2 Å². The number of non-ortho nitro benzene ring substituents is 1. The number of benzene rings is 1. The van der Waals surface area contributed by atoms with Crippen molar-refractivity contribution in [3.05, 3.63) is 62.9 Å². The van der Waals surface area contributed by atoms with Gasteiger partial charge in [0, 0.05) is 18.6 Å². The normalized spacial score (nSPS) is 15.2. The molecule has 0 fully saturated rings. The summed E-state index contributed by atoms with van der Waals surface area (Å²) < 4.78 is 5.80. The summed E-state index contributed by atoms with van der Waals surface area (Å²) in [6.45, 7) is 4.63. The lowest BCUT2D eigenvalue weighted by molar-refractivity contribution is -0.384. The summed E-state index contributed by atoms with van der Waals surface area (Å²) in [6, 6.07) is 6.48. The molecule has 0 radical (unpaired) electrons. The Morgan fingerprint density at radius 2 is 1.89 bits per heavy atom. The second-order valence-electron chi connectivity index (χ2n) is 4.81. The van der Waals surface area contributed by atoms with Crippen molar-refractivity contribution < 1.29 is 9.66 Å². The molecule has 1 aliphatic rings. The first-order valence-corrected chi connectivity index (χ1v) is 6.29. The van der Waals surface area contributed by atoms with Gasteiger partial charge in [0.05, 0.1) is 10.7 Å². The van der Waals surface area contributed by atoms with Gasteiger partial charge >= 0.3 is 0 Å². The van der Waals surface area contributed by atoms with Gasteiger partial charge in [-0.05, 0) is 43.5 Å². The molecular weight excluding hydrogens is 242 g/mol. The molecule has 0 unspecified atom stereocenters. The van der Waals surface area contributed by atoms with Crippen LogP contribution < -0.4 is 0 Å². The molecule has 4 nitrogen and oxygen atoms in total. The average Bonchev–Trinajstić information content (AvgIpc) is 2.38. The van der Waals surface area contributed by atoms with Crippen LogP contribution in [0.4, 0.5) is 5.69 Å². The number of ether oxygens (including phenoxy) is 1. The quantitative estimate of drug-likeness (QED) is 0.603. The largest absolute Gasteiger partial charge is 0.493 e. The summed E-state index contributed by atoms with van der Waals surface area (Å²) >= 11 is 0. The van der Waals surface area contributed by atoms with Gasteiger partial charge in [-0.1, -0.05) is 11.6 Å². The Morgan fingerprint density at radius 1 is 1.21 bits per heavy atom. The summed E-state index contributed by atoms with van der Waals surface area (Å²) in [5, 5.41) is 10.6. The minimum Gasteiger partial charge on any atom is -0.493 e. The molecule has 0 N–H and O–H groups in total. The average molecular weight is 259 g/mol. The number of hydrogen-bond donors (Lipinski definition) is 0. The van der Waals surface area contributed by atoms with Crippen molar-refractivity contribution in [1.29, 1.82) is 0 Å². The van der Waals surface area contributed by atoms with Gasteiger partial charge in [-0.25, -0.2) is 0 Å². The zero-order valence-corrected chi connectivity index (χ0v) is 11.2. The summed E-state index contributed by atoms with van der Waals surface area (Å²) in [5.41, 5.74) is 3.60. The van der Waals surface area contributed by atoms with E-state index in [1.807, 2.05) is 6.92 Å². The van der Waals surface area contributed by atoms with Crippen LogP contribution in [0.25, 0.3) is 0 Å². The van der Waals surface area contributed by atoms with Crippen LogP contribution in [0, 0.1) is 10.1 Å². The van der Waals surface area contributed by atoms with E-state index in [1.54, 1.807) is 12.1 Å². The Bertz CT molecular complexity index is 541. The van der Waals surface area contributed by atoms with Crippen molar-refractivity contribution >= 4 is 5.69 Å². The van der Waals surface area contributed by atoms with Crippen molar-refractivity contribution in [2.24, 2.45) is 0 Å². The summed E-state index contributed by atoms with van der Waals surface area (Å²) in [4.78, 5) is 10.2. The number of nitro benzene ring substituents is 1. The third kappa shape index (κ3) is 3.44. The molecular formula is C15H17NO3. The number of hydrogen-bond acceptors (Lipinski definition) is 3. The van der Waals surface area contributed by atoms with Gasteiger partial charge < -0.3 is 4.74 Å². The topological polar surface area (TPSA) is 52.4 Å². The molecule has 100 valence electrons. The van der Waals surface area contributed by atoms with Crippen LogP contribution in [-0.2, 0) is 11.3 Å². The summed E-state index contributed by atoms with van der Waals surface area (Å²) in [6.07, 6.45) is 4.11.